The highest BCUT2D eigenvalue weighted by atomic mass is 15.1. The molecule has 0 fully saturated rings. The summed E-state index contributed by atoms with van der Waals surface area (Å²) >= 11 is 0. The van der Waals surface area contributed by atoms with Crippen LogP contribution in [0.2, 0.25) is 0 Å². The first-order valence-electron chi connectivity index (χ1n) is 17.8. The molecule has 0 radical (unpaired) electrons. The third-order valence-electron chi connectivity index (χ3n) is 11.0. The van der Waals surface area contributed by atoms with Crippen LogP contribution in [0.3, 0.4) is 0 Å². The molecular weight excluding hydrogens is 617 g/mol. The molecule has 1 aliphatic rings. The zero-order valence-corrected chi connectivity index (χ0v) is 28.7. The van der Waals surface area contributed by atoms with Gasteiger partial charge in [0.25, 0.3) is 0 Å². The van der Waals surface area contributed by atoms with Crippen molar-refractivity contribution in [3.8, 4) is 27.9 Å². The van der Waals surface area contributed by atoms with E-state index < -0.39 is 0 Å². The zero-order chi connectivity index (χ0) is 34.1. The predicted molar refractivity (Wildman–Crippen MR) is 216 cm³/mol. The number of hydrogen-bond donors (Lipinski definition) is 0. The minimum atomic E-state index is -0.0958. The van der Waals surface area contributed by atoms with Gasteiger partial charge in [0.1, 0.15) is 0 Å². The number of anilines is 3. The maximum atomic E-state index is 2.45. The number of hydrogen-bond acceptors (Lipinski definition) is 1. The summed E-state index contributed by atoms with van der Waals surface area (Å²) in [7, 11) is 0. The van der Waals surface area contributed by atoms with Gasteiger partial charge < -0.3 is 9.47 Å². The molecule has 2 heteroatoms. The van der Waals surface area contributed by atoms with Crippen LogP contribution in [0, 0.1) is 0 Å². The summed E-state index contributed by atoms with van der Waals surface area (Å²) in [6, 6.07) is 66.6. The van der Waals surface area contributed by atoms with Crippen LogP contribution in [0.5, 0.6) is 0 Å². The van der Waals surface area contributed by atoms with E-state index in [1.54, 1.807) is 0 Å². The average Bonchev–Trinajstić information content (AvgIpc) is 3.64. The third kappa shape index (κ3) is 4.50. The molecule has 9 aromatic rings. The molecule has 1 aromatic heterocycles. The Hall–Kier alpha value is -6.38. The Bertz CT molecular complexity index is 2780. The first kappa shape index (κ1) is 29.5. The van der Waals surface area contributed by atoms with Gasteiger partial charge in [0.2, 0.25) is 0 Å². The molecule has 1 aliphatic carbocycles. The van der Waals surface area contributed by atoms with Crippen LogP contribution in [0.15, 0.2) is 182 Å². The molecular formula is C49H36N2. The fraction of sp³-hybridized carbons (Fsp3) is 0.0612. The summed E-state index contributed by atoms with van der Waals surface area (Å²) in [5.74, 6) is 0. The summed E-state index contributed by atoms with van der Waals surface area (Å²) in [5.41, 5.74) is 14.7. The smallest absolute Gasteiger partial charge is 0.0562 e. The lowest BCUT2D eigenvalue weighted by Gasteiger charge is -2.28. The Labute approximate surface area is 298 Å². The van der Waals surface area contributed by atoms with Crippen LogP contribution < -0.4 is 4.90 Å². The maximum Gasteiger partial charge on any atom is 0.0562 e. The fourth-order valence-electron chi connectivity index (χ4n) is 8.59. The molecule has 0 N–H and O–H groups in total. The van der Waals surface area contributed by atoms with Gasteiger partial charge >= 0.3 is 0 Å². The van der Waals surface area contributed by atoms with E-state index in [1.165, 1.54) is 66.0 Å². The molecule has 0 aliphatic heterocycles. The van der Waals surface area contributed by atoms with Crippen LogP contribution in [-0.4, -0.2) is 4.57 Å². The topological polar surface area (TPSA) is 8.17 Å². The molecule has 0 saturated carbocycles. The average molecular weight is 653 g/mol. The van der Waals surface area contributed by atoms with E-state index in [1.807, 2.05) is 0 Å². The quantitative estimate of drug-likeness (QED) is 0.180. The summed E-state index contributed by atoms with van der Waals surface area (Å²) in [6.07, 6.45) is 0. The molecule has 0 unspecified atom stereocenters. The van der Waals surface area contributed by atoms with Gasteiger partial charge in [0, 0.05) is 33.2 Å². The third-order valence-corrected chi connectivity index (χ3v) is 11.0. The fourth-order valence-corrected chi connectivity index (χ4v) is 8.59. The number of benzene rings is 8. The second-order valence-corrected chi connectivity index (χ2v) is 14.2. The van der Waals surface area contributed by atoms with Crippen molar-refractivity contribution in [2.75, 3.05) is 4.90 Å². The number of para-hydroxylation sites is 2. The van der Waals surface area contributed by atoms with Crippen LogP contribution >= 0.6 is 0 Å². The van der Waals surface area contributed by atoms with E-state index >= 15 is 0 Å². The van der Waals surface area contributed by atoms with Crippen molar-refractivity contribution in [1.82, 2.24) is 4.57 Å². The minimum Gasteiger partial charge on any atom is -0.310 e. The van der Waals surface area contributed by atoms with Crippen molar-refractivity contribution < 1.29 is 0 Å². The summed E-state index contributed by atoms with van der Waals surface area (Å²) in [6.45, 7) is 4.71. The highest BCUT2D eigenvalue weighted by molar-refractivity contribution is 6.16. The van der Waals surface area contributed by atoms with Gasteiger partial charge in [-0.2, -0.15) is 0 Å². The van der Waals surface area contributed by atoms with Crippen LogP contribution in [0.1, 0.15) is 25.0 Å². The summed E-state index contributed by atoms with van der Waals surface area (Å²) in [4.78, 5) is 2.45. The summed E-state index contributed by atoms with van der Waals surface area (Å²) in [5, 5.41) is 4.98. The van der Waals surface area contributed by atoms with E-state index in [0.717, 1.165) is 22.7 Å². The van der Waals surface area contributed by atoms with Gasteiger partial charge in [-0.05, 0) is 98.8 Å². The first-order chi connectivity index (χ1) is 25.1. The van der Waals surface area contributed by atoms with Gasteiger partial charge in [-0.1, -0.05) is 141 Å². The van der Waals surface area contributed by atoms with Gasteiger partial charge in [0.15, 0.2) is 0 Å². The van der Waals surface area contributed by atoms with E-state index in [2.05, 4.69) is 205 Å². The Morgan fingerprint density at radius 1 is 0.451 bits per heavy atom. The van der Waals surface area contributed by atoms with Crippen molar-refractivity contribution >= 4 is 49.6 Å². The first-order valence-corrected chi connectivity index (χ1v) is 17.8. The Kier molecular flexibility index (Phi) is 6.56. The molecule has 0 amide bonds. The number of nitrogens with zero attached hydrogens (tertiary/aromatic N) is 2. The Morgan fingerprint density at radius 2 is 1.12 bits per heavy atom. The van der Waals surface area contributed by atoms with Crippen molar-refractivity contribution in [3.05, 3.63) is 193 Å². The lowest BCUT2D eigenvalue weighted by atomic mass is 9.82. The van der Waals surface area contributed by atoms with E-state index in [-0.39, 0.29) is 5.41 Å². The maximum absolute atomic E-state index is 2.45. The van der Waals surface area contributed by atoms with Gasteiger partial charge in [-0.15, -0.1) is 0 Å². The van der Waals surface area contributed by atoms with Crippen molar-refractivity contribution in [3.63, 3.8) is 0 Å². The van der Waals surface area contributed by atoms with Crippen molar-refractivity contribution in [2.24, 2.45) is 0 Å². The Balaban J connectivity index is 1.20. The predicted octanol–water partition coefficient (Wildman–Crippen LogP) is 13.4. The molecule has 0 bridgehead atoms. The molecule has 0 saturated heterocycles. The Morgan fingerprint density at radius 3 is 2.02 bits per heavy atom. The van der Waals surface area contributed by atoms with E-state index in [0.29, 0.717) is 0 Å². The highest BCUT2D eigenvalue weighted by Gasteiger charge is 2.36. The molecule has 51 heavy (non-hydrogen) atoms. The van der Waals surface area contributed by atoms with Crippen LogP contribution in [0.25, 0.3) is 60.5 Å². The monoisotopic (exact) mass is 652 g/mol. The van der Waals surface area contributed by atoms with Gasteiger partial charge in [-0.25, -0.2) is 0 Å². The molecule has 2 nitrogen and oxygen atoms in total. The van der Waals surface area contributed by atoms with E-state index in [4.69, 9.17) is 0 Å². The second-order valence-electron chi connectivity index (χ2n) is 14.2. The minimum absolute atomic E-state index is 0.0958. The van der Waals surface area contributed by atoms with Crippen molar-refractivity contribution in [2.45, 2.75) is 19.3 Å². The second kappa shape index (κ2) is 11.3. The van der Waals surface area contributed by atoms with Crippen LogP contribution in [0.4, 0.5) is 17.1 Å². The lowest BCUT2D eigenvalue weighted by Crippen LogP contribution is -2.16. The number of aromatic nitrogens is 1. The van der Waals surface area contributed by atoms with E-state index in [9.17, 15) is 0 Å². The number of rotatable bonds is 5. The molecule has 242 valence electrons. The van der Waals surface area contributed by atoms with Crippen molar-refractivity contribution in [1.29, 1.82) is 0 Å². The summed E-state index contributed by atoms with van der Waals surface area (Å²) < 4.78 is 2.44. The molecule has 0 atom stereocenters. The normalized spacial score (nSPS) is 13.1. The van der Waals surface area contributed by atoms with Crippen LogP contribution in [-0.2, 0) is 5.41 Å². The standard InChI is InChI=1S/C49H36N2/c1-49(2)43-25-10-8-22-40(43)41-30-29-37(32-44(41)49)50(35-18-4-3-5-19-35)46-27-14-28-47-48(46)42-23-9-11-26-45(42)51(47)36-20-12-17-34(31-36)39-24-13-16-33-15-6-7-21-38(33)39/h3-32H,1-2H3. The number of fused-ring (bicyclic) bond motifs is 7. The largest absolute Gasteiger partial charge is 0.310 e. The molecule has 10 rings (SSSR count). The molecule has 1 heterocycles. The van der Waals surface area contributed by atoms with Gasteiger partial charge in [-0.3, -0.25) is 0 Å². The van der Waals surface area contributed by atoms with Gasteiger partial charge in [0.05, 0.1) is 16.7 Å². The SMILES string of the molecule is CC1(C)c2ccccc2-c2ccc(N(c3ccccc3)c3cccc4c3c3ccccc3n4-c3cccc(-c4cccc5ccccc45)c3)cc21. The molecule has 0 spiro atoms. The lowest BCUT2D eigenvalue weighted by molar-refractivity contribution is 0.660. The molecule has 8 aromatic carbocycles. The zero-order valence-electron chi connectivity index (χ0n) is 28.7. The highest BCUT2D eigenvalue weighted by Crippen LogP contribution is 2.51.